The fraction of sp³-hybridized carbons (Fsp3) is 0.417. The van der Waals surface area contributed by atoms with Gasteiger partial charge in [-0.1, -0.05) is 0 Å². The van der Waals surface area contributed by atoms with Gasteiger partial charge in [-0.15, -0.1) is 0 Å². The van der Waals surface area contributed by atoms with Gasteiger partial charge in [-0.25, -0.2) is 4.39 Å². The van der Waals surface area contributed by atoms with Crippen molar-refractivity contribution in [1.82, 2.24) is 10.2 Å². The van der Waals surface area contributed by atoms with E-state index >= 15 is 0 Å². The molecule has 108 valence electrons. The molecule has 1 aromatic rings. The molecule has 0 aliphatic carbocycles. The SMILES string of the molecule is CN1CCC(NC(=O)c2cc(F)cc([N+](=O)[O-])c2F)C1. The number of benzene rings is 1. The molecule has 1 heterocycles. The third-order valence-corrected chi connectivity index (χ3v) is 3.19. The number of nitro benzene ring substituents is 1. The van der Waals surface area contributed by atoms with Gasteiger partial charge in [0.2, 0.25) is 5.82 Å². The maximum atomic E-state index is 13.8. The van der Waals surface area contributed by atoms with Crippen LogP contribution in [0.3, 0.4) is 0 Å². The lowest BCUT2D eigenvalue weighted by molar-refractivity contribution is -0.387. The highest BCUT2D eigenvalue weighted by Crippen LogP contribution is 2.22. The first-order valence-corrected chi connectivity index (χ1v) is 6.01. The molecule has 1 amide bonds. The van der Waals surface area contributed by atoms with Crippen LogP contribution >= 0.6 is 0 Å². The smallest absolute Gasteiger partial charge is 0.308 e. The van der Waals surface area contributed by atoms with E-state index in [1.165, 1.54) is 0 Å². The van der Waals surface area contributed by atoms with Crippen molar-refractivity contribution >= 4 is 11.6 Å². The van der Waals surface area contributed by atoms with Crippen LogP contribution in [0.2, 0.25) is 0 Å². The normalized spacial score (nSPS) is 19.1. The second kappa shape index (κ2) is 5.49. The van der Waals surface area contributed by atoms with Crippen LogP contribution in [-0.4, -0.2) is 41.9 Å². The Kier molecular flexibility index (Phi) is 3.93. The molecule has 0 bridgehead atoms. The van der Waals surface area contributed by atoms with Gasteiger partial charge >= 0.3 is 5.69 Å². The zero-order valence-electron chi connectivity index (χ0n) is 10.7. The zero-order chi connectivity index (χ0) is 14.9. The van der Waals surface area contributed by atoms with Crippen LogP contribution in [0, 0.1) is 21.7 Å². The first-order valence-electron chi connectivity index (χ1n) is 6.01. The molecule has 0 radical (unpaired) electrons. The summed E-state index contributed by atoms with van der Waals surface area (Å²) in [4.78, 5) is 23.4. The molecule has 1 aliphatic heterocycles. The second-order valence-electron chi connectivity index (χ2n) is 4.76. The van der Waals surface area contributed by atoms with Gasteiger partial charge in [0, 0.05) is 12.6 Å². The first kappa shape index (κ1) is 14.3. The molecule has 8 heteroatoms. The highest BCUT2D eigenvalue weighted by Gasteiger charge is 2.27. The van der Waals surface area contributed by atoms with E-state index in [9.17, 15) is 23.7 Å². The predicted octanol–water partition coefficient (Wildman–Crippen LogP) is 1.31. The molecule has 1 fully saturated rings. The number of rotatable bonds is 3. The number of carbonyl (C=O) groups excluding carboxylic acids is 1. The van der Waals surface area contributed by atoms with Crippen molar-refractivity contribution in [3.63, 3.8) is 0 Å². The average Bonchev–Trinajstić information content (AvgIpc) is 2.76. The van der Waals surface area contributed by atoms with Crippen molar-refractivity contribution in [3.05, 3.63) is 39.4 Å². The summed E-state index contributed by atoms with van der Waals surface area (Å²) < 4.78 is 27.1. The molecule has 2 rings (SSSR count). The number of nitro groups is 1. The number of nitrogens with zero attached hydrogens (tertiary/aromatic N) is 2. The maximum absolute atomic E-state index is 13.8. The Bertz CT molecular complexity index is 565. The highest BCUT2D eigenvalue weighted by atomic mass is 19.1. The number of halogens is 2. The van der Waals surface area contributed by atoms with E-state index in [1.807, 2.05) is 11.9 Å². The summed E-state index contributed by atoms with van der Waals surface area (Å²) in [7, 11) is 1.87. The largest absolute Gasteiger partial charge is 0.348 e. The Morgan fingerprint density at radius 2 is 2.20 bits per heavy atom. The molecule has 1 atom stereocenters. The summed E-state index contributed by atoms with van der Waals surface area (Å²) in [6, 6.07) is 0.945. The minimum Gasteiger partial charge on any atom is -0.348 e. The summed E-state index contributed by atoms with van der Waals surface area (Å²) in [5.41, 5.74) is -1.69. The van der Waals surface area contributed by atoms with E-state index in [0.717, 1.165) is 6.54 Å². The summed E-state index contributed by atoms with van der Waals surface area (Å²) in [6.07, 6.45) is 0.696. The minimum atomic E-state index is -1.32. The van der Waals surface area contributed by atoms with Gasteiger partial charge in [0.1, 0.15) is 5.82 Å². The zero-order valence-corrected chi connectivity index (χ0v) is 10.7. The topological polar surface area (TPSA) is 75.5 Å². The summed E-state index contributed by atoms with van der Waals surface area (Å²) >= 11 is 0. The molecule has 6 nitrogen and oxygen atoms in total. The Labute approximate surface area is 113 Å². The first-order chi connectivity index (χ1) is 9.38. The van der Waals surface area contributed by atoms with Crippen LogP contribution < -0.4 is 5.32 Å². The van der Waals surface area contributed by atoms with E-state index < -0.39 is 33.7 Å². The van der Waals surface area contributed by atoms with Gasteiger partial charge < -0.3 is 10.2 Å². The number of hydrogen-bond acceptors (Lipinski definition) is 4. The van der Waals surface area contributed by atoms with Gasteiger partial charge in [0.05, 0.1) is 16.6 Å². The van der Waals surface area contributed by atoms with Crippen molar-refractivity contribution in [2.45, 2.75) is 12.5 Å². The fourth-order valence-electron chi connectivity index (χ4n) is 2.19. The van der Waals surface area contributed by atoms with Gasteiger partial charge in [-0.05, 0) is 26.1 Å². The summed E-state index contributed by atoms with van der Waals surface area (Å²) in [6.45, 7) is 1.39. The fourth-order valence-corrected chi connectivity index (χ4v) is 2.19. The van der Waals surface area contributed by atoms with E-state index in [4.69, 9.17) is 0 Å². The molecular formula is C12H13F2N3O3. The molecule has 0 spiro atoms. The van der Waals surface area contributed by atoms with Gasteiger partial charge in [-0.2, -0.15) is 4.39 Å². The van der Waals surface area contributed by atoms with Gasteiger partial charge in [0.25, 0.3) is 5.91 Å². The molecule has 1 aliphatic rings. The van der Waals surface area contributed by atoms with Crippen molar-refractivity contribution in [2.75, 3.05) is 20.1 Å². The van der Waals surface area contributed by atoms with E-state index in [2.05, 4.69) is 5.32 Å². The molecule has 20 heavy (non-hydrogen) atoms. The Morgan fingerprint density at radius 3 is 2.75 bits per heavy atom. The second-order valence-corrected chi connectivity index (χ2v) is 4.76. The molecule has 1 saturated heterocycles. The van der Waals surface area contributed by atoms with Crippen molar-refractivity contribution in [2.24, 2.45) is 0 Å². The highest BCUT2D eigenvalue weighted by molar-refractivity contribution is 5.95. The Balaban J connectivity index is 2.23. The number of likely N-dealkylation sites (tertiary alicyclic amines) is 1. The quantitative estimate of drug-likeness (QED) is 0.671. The monoisotopic (exact) mass is 285 g/mol. The Morgan fingerprint density at radius 1 is 1.50 bits per heavy atom. The molecule has 1 N–H and O–H groups in total. The van der Waals surface area contributed by atoms with Crippen molar-refractivity contribution in [1.29, 1.82) is 0 Å². The van der Waals surface area contributed by atoms with Gasteiger partial charge in [0.15, 0.2) is 0 Å². The van der Waals surface area contributed by atoms with E-state index in [-0.39, 0.29) is 6.04 Å². The summed E-state index contributed by atoms with van der Waals surface area (Å²) in [5.74, 6) is -3.18. The lowest BCUT2D eigenvalue weighted by Gasteiger charge is -2.13. The number of nitrogens with one attached hydrogen (secondary N) is 1. The lowest BCUT2D eigenvalue weighted by atomic mass is 10.1. The minimum absolute atomic E-state index is 0.172. The van der Waals surface area contributed by atoms with E-state index in [0.29, 0.717) is 25.1 Å². The third-order valence-electron chi connectivity index (χ3n) is 3.19. The summed E-state index contributed by atoms with van der Waals surface area (Å²) in [5, 5.41) is 13.1. The molecule has 0 aromatic heterocycles. The van der Waals surface area contributed by atoms with Gasteiger partial charge in [-0.3, -0.25) is 14.9 Å². The number of carbonyl (C=O) groups is 1. The lowest BCUT2D eigenvalue weighted by Crippen LogP contribution is -2.37. The van der Waals surface area contributed by atoms with Crippen LogP contribution in [-0.2, 0) is 0 Å². The maximum Gasteiger partial charge on any atom is 0.308 e. The van der Waals surface area contributed by atoms with E-state index in [1.54, 1.807) is 0 Å². The molecule has 1 unspecified atom stereocenters. The van der Waals surface area contributed by atoms with Crippen LogP contribution in [0.1, 0.15) is 16.8 Å². The molecule has 0 saturated carbocycles. The van der Waals surface area contributed by atoms with Crippen molar-refractivity contribution in [3.8, 4) is 0 Å². The average molecular weight is 285 g/mol. The number of amides is 1. The molecule has 1 aromatic carbocycles. The number of hydrogen-bond donors (Lipinski definition) is 1. The third kappa shape index (κ3) is 2.90. The predicted molar refractivity (Wildman–Crippen MR) is 66.4 cm³/mol. The van der Waals surface area contributed by atoms with Crippen LogP contribution in [0.25, 0.3) is 0 Å². The van der Waals surface area contributed by atoms with Crippen LogP contribution in [0.4, 0.5) is 14.5 Å². The standard InChI is InChI=1S/C12H13F2N3O3/c1-16-3-2-8(6-16)15-12(18)9-4-7(13)5-10(11(9)14)17(19)20/h4-5,8H,2-3,6H2,1H3,(H,15,18). The Hall–Kier alpha value is -2.09. The van der Waals surface area contributed by atoms with Crippen molar-refractivity contribution < 1.29 is 18.5 Å². The molecular weight excluding hydrogens is 272 g/mol. The van der Waals surface area contributed by atoms with Crippen LogP contribution in [0.15, 0.2) is 12.1 Å². The number of likely N-dealkylation sites (N-methyl/N-ethyl adjacent to an activating group) is 1. The van der Waals surface area contributed by atoms with Crippen LogP contribution in [0.5, 0.6) is 0 Å².